The van der Waals surface area contributed by atoms with Crippen LogP contribution in [0.25, 0.3) is 0 Å². The van der Waals surface area contributed by atoms with Gasteiger partial charge in [-0.3, -0.25) is 4.79 Å². The summed E-state index contributed by atoms with van der Waals surface area (Å²) in [6, 6.07) is 24.2. The van der Waals surface area contributed by atoms with Gasteiger partial charge in [0.25, 0.3) is 5.91 Å². The molecule has 0 spiro atoms. The highest BCUT2D eigenvalue weighted by Crippen LogP contribution is 2.36. The van der Waals surface area contributed by atoms with E-state index in [0.29, 0.717) is 40.3 Å². The number of allylic oxidation sites excluding steroid dienone is 1. The first kappa shape index (κ1) is 21.7. The molecule has 7 nitrogen and oxygen atoms in total. The number of halogens is 1. The van der Waals surface area contributed by atoms with Crippen LogP contribution in [0.4, 0.5) is 11.6 Å². The number of amides is 1. The van der Waals surface area contributed by atoms with E-state index in [9.17, 15) is 4.79 Å². The summed E-state index contributed by atoms with van der Waals surface area (Å²) in [7, 11) is 0. The van der Waals surface area contributed by atoms with Crippen LogP contribution in [-0.4, -0.2) is 20.7 Å². The zero-order valence-electron chi connectivity index (χ0n) is 18.4. The van der Waals surface area contributed by atoms with Gasteiger partial charge in [-0.1, -0.05) is 54.1 Å². The molecule has 1 atom stereocenters. The van der Waals surface area contributed by atoms with E-state index < -0.39 is 6.04 Å². The third-order valence-corrected chi connectivity index (χ3v) is 5.82. The van der Waals surface area contributed by atoms with Gasteiger partial charge >= 0.3 is 0 Å². The van der Waals surface area contributed by atoms with E-state index in [1.807, 2.05) is 61.5 Å². The van der Waals surface area contributed by atoms with E-state index >= 15 is 0 Å². The minimum absolute atomic E-state index is 0.242. The Labute approximate surface area is 202 Å². The van der Waals surface area contributed by atoms with Gasteiger partial charge in [-0.15, -0.1) is 0 Å². The van der Waals surface area contributed by atoms with Gasteiger partial charge in [-0.25, -0.2) is 4.68 Å². The summed E-state index contributed by atoms with van der Waals surface area (Å²) < 4.78 is 7.74. The third-order valence-electron chi connectivity index (χ3n) is 5.56. The number of benzene rings is 3. The van der Waals surface area contributed by atoms with Crippen molar-refractivity contribution in [3.8, 4) is 5.75 Å². The van der Waals surface area contributed by atoms with Crippen molar-refractivity contribution in [2.24, 2.45) is 0 Å². The van der Waals surface area contributed by atoms with Gasteiger partial charge in [0.05, 0.1) is 5.57 Å². The van der Waals surface area contributed by atoms with Crippen LogP contribution < -0.4 is 15.4 Å². The first-order valence-electron chi connectivity index (χ1n) is 10.8. The molecule has 0 radical (unpaired) electrons. The monoisotopic (exact) mass is 471 g/mol. The Kier molecular flexibility index (Phi) is 6.01. The number of aromatic nitrogens is 3. The van der Waals surface area contributed by atoms with Crippen LogP contribution in [0, 0.1) is 0 Å². The van der Waals surface area contributed by atoms with E-state index in [1.54, 1.807) is 28.9 Å². The highest BCUT2D eigenvalue weighted by atomic mass is 35.5. The molecule has 170 valence electrons. The predicted molar refractivity (Wildman–Crippen MR) is 132 cm³/mol. The minimum atomic E-state index is -0.480. The number of nitrogens with zero attached hydrogens (tertiary/aromatic N) is 3. The van der Waals surface area contributed by atoms with E-state index in [2.05, 4.69) is 20.7 Å². The van der Waals surface area contributed by atoms with Crippen LogP contribution >= 0.6 is 11.6 Å². The lowest BCUT2D eigenvalue weighted by Crippen LogP contribution is -2.31. The molecular formula is C26H22ClN5O2. The number of hydrogen-bond acceptors (Lipinski definition) is 5. The van der Waals surface area contributed by atoms with E-state index in [-0.39, 0.29) is 5.91 Å². The van der Waals surface area contributed by atoms with E-state index in [1.165, 1.54) is 6.33 Å². The Bertz CT molecular complexity index is 1350. The van der Waals surface area contributed by atoms with Crippen molar-refractivity contribution in [3.05, 3.63) is 113 Å². The Morgan fingerprint density at radius 3 is 2.68 bits per heavy atom. The predicted octanol–water partition coefficient (Wildman–Crippen LogP) is 5.44. The molecule has 5 rings (SSSR count). The standard InChI is InChI=1S/C26H22ClN5O2/c1-17-23(25(33)31-21-12-10-20(27)11-13-21)24(32-26(30-17)28-16-29-32)19-8-5-9-22(14-19)34-15-18-6-3-2-4-7-18/h2-14,16,24H,15H2,1H3,(H,31,33)(H,28,29,30). The maximum Gasteiger partial charge on any atom is 0.255 e. The molecule has 1 aromatic heterocycles. The fourth-order valence-corrected chi connectivity index (χ4v) is 4.07. The van der Waals surface area contributed by atoms with Crippen LogP contribution in [0.5, 0.6) is 5.75 Å². The van der Waals surface area contributed by atoms with E-state index in [4.69, 9.17) is 16.3 Å². The average Bonchev–Trinajstić information content (AvgIpc) is 3.32. The molecular weight excluding hydrogens is 450 g/mol. The summed E-state index contributed by atoms with van der Waals surface area (Å²) in [5.41, 5.74) is 3.82. The Balaban J connectivity index is 1.46. The topological polar surface area (TPSA) is 81.1 Å². The van der Waals surface area contributed by atoms with Crippen LogP contribution in [0.1, 0.15) is 24.1 Å². The molecule has 2 heterocycles. The average molecular weight is 472 g/mol. The Hall–Kier alpha value is -4.10. The summed E-state index contributed by atoms with van der Waals surface area (Å²) in [6.45, 7) is 2.31. The van der Waals surface area contributed by atoms with Gasteiger partial charge < -0.3 is 15.4 Å². The van der Waals surface area contributed by atoms with Gasteiger partial charge in [0.15, 0.2) is 0 Å². The summed E-state index contributed by atoms with van der Waals surface area (Å²) >= 11 is 5.98. The molecule has 1 amide bonds. The van der Waals surface area contributed by atoms with Gasteiger partial charge in [0.2, 0.25) is 5.95 Å². The van der Waals surface area contributed by atoms with Crippen molar-refractivity contribution in [3.63, 3.8) is 0 Å². The molecule has 0 fully saturated rings. The molecule has 1 aliphatic rings. The molecule has 1 unspecified atom stereocenters. The molecule has 8 heteroatoms. The molecule has 0 saturated heterocycles. The van der Waals surface area contributed by atoms with E-state index in [0.717, 1.165) is 11.1 Å². The second-order valence-electron chi connectivity index (χ2n) is 7.90. The van der Waals surface area contributed by atoms with Crippen molar-refractivity contribution < 1.29 is 9.53 Å². The fraction of sp³-hybridized carbons (Fsp3) is 0.115. The Morgan fingerprint density at radius 2 is 1.88 bits per heavy atom. The third kappa shape index (κ3) is 4.51. The van der Waals surface area contributed by atoms with Gasteiger partial charge in [-0.05, 0) is 54.4 Å². The first-order chi connectivity index (χ1) is 16.6. The molecule has 0 aliphatic carbocycles. The first-order valence-corrected chi connectivity index (χ1v) is 11.2. The molecule has 1 aliphatic heterocycles. The number of carbonyl (C=O) groups excluding carboxylic acids is 1. The minimum Gasteiger partial charge on any atom is -0.489 e. The zero-order valence-corrected chi connectivity index (χ0v) is 19.2. The van der Waals surface area contributed by atoms with Crippen LogP contribution in [0.2, 0.25) is 5.02 Å². The molecule has 0 saturated carbocycles. The van der Waals surface area contributed by atoms with Gasteiger partial charge in [0.1, 0.15) is 24.7 Å². The van der Waals surface area contributed by atoms with Crippen molar-refractivity contribution >= 4 is 29.1 Å². The number of hydrogen-bond donors (Lipinski definition) is 2. The largest absolute Gasteiger partial charge is 0.489 e. The molecule has 2 N–H and O–H groups in total. The number of nitrogens with one attached hydrogen (secondary N) is 2. The molecule has 34 heavy (non-hydrogen) atoms. The van der Waals surface area contributed by atoms with Gasteiger partial charge in [-0.2, -0.15) is 10.1 Å². The molecule has 4 aromatic rings. The quantitative estimate of drug-likeness (QED) is 0.391. The summed E-state index contributed by atoms with van der Waals surface area (Å²) in [4.78, 5) is 17.7. The lowest BCUT2D eigenvalue weighted by molar-refractivity contribution is -0.113. The number of carbonyl (C=O) groups is 1. The molecule has 3 aromatic carbocycles. The van der Waals surface area contributed by atoms with Crippen LogP contribution in [0.15, 0.2) is 96.5 Å². The number of fused-ring (bicyclic) bond motifs is 1. The van der Waals surface area contributed by atoms with Crippen molar-refractivity contribution in [1.29, 1.82) is 0 Å². The fourth-order valence-electron chi connectivity index (χ4n) is 3.94. The summed E-state index contributed by atoms with van der Waals surface area (Å²) in [5.74, 6) is 1.03. The lowest BCUT2D eigenvalue weighted by Gasteiger charge is -2.29. The zero-order chi connectivity index (χ0) is 23.5. The number of anilines is 2. The molecule has 0 bridgehead atoms. The second-order valence-corrected chi connectivity index (χ2v) is 8.34. The maximum atomic E-state index is 13.4. The highest BCUT2D eigenvalue weighted by Gasteiger charge is 2.33. The van der Waals surface area contributed by atoms with Crippen molar-refractivity contribution in [2.45, 2.75) is 19.6 Å². The second kappa shape index (κ2) is 9.41. The highest BCUT2D eigenvalue weighted by molar-refractivity contribution is 6.30. The summed E-state index contributed by atoms with van der Waals surface area (Å²) in [5, 5.41) is 11.1. The smallest absolute Gasteiger partial charge is 0.255 e. The normalized spacial score (nSPS) is 14.8. The van der Waals surface area contributed by atoms with Crippen LogP contribution in [-0.2, 0) is 11.4 Å². The number of rotatable bonds is 6. The maximum absolute atomic E-state index is 13.4. The summed E-state index contributed by atoms with van der Waals surface area (Å²) in [6.07, 6.45) is 1.47. The van der Waals surface area contributed by atoms with Crippen molar-refractivity contribution in [1.82, 2.24) is 14.8 Å². The Morgan fingerprint density at radius 1 is 1.09 bits per heavy atom. The van der Waals surface area contributed by atoms with Gasteiger partial charge in [0, 0.05) is 16.4 Å². The van der Waals surface area contributed by atoms with Crippen molar-refractivity contribution in [2.75, 3.05) is 10.6 Å². The SMILES string of the molecule is CC1=C(C(=O)Nc2ccc(Cl)cc2)C(c2cccc(OCc3ccccc3)c2)n2ncnc2N1. The number of ether oxygens (including phenoxy) is 1. The lowest BCUT2D eigenvalue weighted by atomic mass is 9.95. The van der Waals surface area contributed by atoms with Crippen LogP contribution in [0.3, 0.4) is 0 Å².